The summed E-state index contributed by atoms with van der Waals surface area (Å²) in [6.45, 7) is -0.0429. The predicted molar refractivity (Wildman–Crippen MR) is 65.9 cm³/mol. The zero-order valence-corrected chi connectivity index (χ0v) is 11.1. The average molecular weight is 294 g/mol. The number of H-pyrrole nitrogens is 1. The third-order valence-corrected chi connectivity index (χ3v) is 3.79. The number of hydrogen-bond acceptors (Lipinski definition) is 4. The molecule has 1 heterocycles. The van der Waals surface area contributed by atoms with Crippen molar-refractivity contribution in [2.24, 2.45) is 0 Å². The van der Waals surface area contributed by atoms with E-state index in [-0.39, 0.29) is 28.8 Å². The van der Waals surface area contributed by atoms with Crippen molar-refractivity contribution in [3.63, 3.8) is 0 Å². The molecule has 0 aliphatic heterocycles. The van der Waals surface area contributed by atoms with Crippen molar-refractivity contribution in [1.82, 2.24) is 15.0 Å². The van der Waals surface area contributed by atoms with Gasteiger partial charge >= 0.3 is 0 Å². The lowest BCUT2D eigenvalue weighted by molar-refractivity contribution is -0.120. The maximum atomic E-state index is 11.7. The van der Waals surface area contributed by atoms with Gasteiger partial charge in [-0.1, -0.05) is 11.6 Å². The van der Waals surface area contributed by atoms with Crippen LogP contribution in [0.2, 0.25) is 5.02 Å². The molecule has 0 saturated carbocycles. The van der Waals surface area contributed by atoms with Gasteiger partial charge < -0.3 is 10.3 Å². The molecular formula is C9H12ClN3O4S. The number of aromatic nitrogens is 1. The van der Waals surface area contributed by atoms with Crippen molar-refractivity contribution >= 4 is 27.5 Å². The maximum absolute atomic E-state index is 11.7. The summed E-state index contributed by atoms with van der Waals surface area (Å²) in [6.07, 6.45) is 1.06. The molecule has 0 unspecified atom stereocenters. The second kappa shape index (κ2) is 5.98. The molecule has 0 aromatic carbocycles. The second-order valence-corrected chi connectivity index (χ2v) is 5.51. The molecule has 0 bridgehead atoms. The van der Waals surface area contributed by atoms with Crippen molar-refractivity contribution in [2.45, 2.75) is 11.3 Å². The van der Waals surface area contributed by atoms with E-state index in [0.29, 0.717) is 0 Å². The third kappa shape index (κ3) is 3.83. The fourth-order valence-electron chi connectivity index (χ4n) is 1.10. The Bertz CT molecular complexity index is 596. The summed E-state index contributed by atoms with van der Waals surface area (Å²) >= 11 is 5.53. The Hall–Kier alpha value is -1.38. The van der Waals surface area contributed by atoms with Crippen LogP contribution < -0.4 is 15.6 Å². The molecule has 18 heavy (non-hydrogen) atoms. The molecule has 0 aliphatic carbocycles. The minimum Gasteiger partial charge on any atom is -0.359 e. The van der Waals surface area contributed by atoms with Gasteiger partial charge in [0.05, 0.1) is 4.90 Å². The van der Waals surface area contributed by atoms with Gasteiger partial charge in [0, 0.05) is 26.2 Å². The first-order valence-electron chi connectivity index (χ1n) is 4.95. The zero-order chi connectivity index (χ0) is 13.8. The monoisotopic (exact) mass is 293 g/mol. The molecule has 0 radical (unpaired) electrons. The third-order valence-electron chi connectivity index (χ3n) is 2.06. The Balaban J connectivity index is 2.77. The first-order valence-corrected chi connectivity index (χ1v) is 6.81. The van der Waals surface area contributed by atoms with E-state index < -0.39 is 15.6 Å². The molecule has 0 atom stereocenters. The highest BCUT2D eigenvalue weighted by molar-refractivity contribution is 7.89. The number of hydrogen-bond donors (Lipinski definition) is 3. The van der Waals surface area contributed by atoms with Gasteiger partial charge in [-0.15, -0.1) is 0 Å². The van der Waals surface area contributed by atoms with Crippen LogP contribution in [0.25, 0.3) is 0 Å². The number of amides is 1. The molecule has 1 aromatic rings. The SMILES string of the molecule is CNC(=O)CCNS(=O)(=O)c1c[nH]c(=O)c(Cl)c1. The Kier molecular flexibility index (Phi) is 4.88. The smallest absolute Gasteiger partial charge is 0.266 e. The van der Waals surface area contributed by atoms with Crippen LogP contribution in [0.1, 0.15) is 6.42 Å². The van der Waals surface area contributed by atoms with E-state index in [4.69, 9.17) is 11.6 Å². The molecule has 0 aliphatic rings. The largest absolute Gasteiger partial charge is 0.359 e. The van der Waals surface area contributed by atoms with Gasteiger partial charge in [0.15, 0.2) is 0 Å². The zero-order valence-electron chi connectivity index (χ0n) is 9.49. The van der Waals surface area contributed by atoms with Crippen LogP contribution >= 0.6 is 11.6 Å². The van der Waals surface area contributed by atoms with Gasteiger partial charge in [0.25, 0.3) is 5.56 Å². The van der Waals surface area contributed by atoms with Gasteiger partial charge in [0.1, 0.15) is 5.02 Å². The number of carbonyl (C=O) groups is 1. The van der Waals surface area contributed by atoms with Crippen LogP contribution in [0.3, 0.4) is 0 Å². The summed E-state index contributed by atoms with van der Waals surface area (Å²) in [5.41, 5.74) is -0.569. The highest BCUT2D eigenvalue weighted by Crippen LogP contribution is 2.09. The lowest BCUT2D eigenvalue weighted by atomic mass is 10.4. The summed E-state index contributed by atoms with van der Waals surface area (Å²) in [5.74, 6) is -0.280. The first kappa shape index (κ1) is 14.7. The minimum atomic E-state index is -3.79. The number of rotatable bonds is 5. The summed E-state index contributed by atoms with van der Waals surface area (Å²) in [6, 6.07) is 1.04. The van der Waals surface area contributed by atoms with Gasteiger partial charge in [-0.05, 0) is 6.07 Å². The van der Waals surface area contributed by atoms with E-state index in [0.717, 1.165) is 12.3 Å². The molecule has 9 heteroatoms. The lowest BCUT2D eigenvalue weighted by Gasteiger charge is -2.06. The quantitative estimate of drug-likeness (QED) is 0.676. The Morgan fingerprint density at radius 3 is 2.72 bits per heavy atom. The molecule has 1 rings (SSSR count). The number of carbonyl (C=O) groups excluding carboxylic acids is 1. The van der Waals surface area contributed by atoms with E-state index in [2.05, 4.69) is 15.0 Å². The lowest BCUT2D eigenvalue weighted by Crippen LogP contribution is -2.29. The highest BCUT2D eigenvalue weighted by atomic mass is 35.5. The summed E-state index contributed by atoms with van der Waals surface area (Å²) in [4.78, 5) is 23.9. The van der Waals surface area contributed by atoms with Crippen LogP contribution in [-0.2, 0) is 14.8 Å². The van der Waals surface area contributed by atoms with Crippen LogP contribution in [0.4, 0.5) is 0 Å². The Morgan fingerprint density at radius 1 is 1.50 bits per heavy atom. The van der Waals surface area contributed by atoms with Crippen molar-refractivity contribution in [1.29, 1.82) is 0 Å². The van der Waals surface area contributed by atoms with Crippen LogP contribution in [0.15, 0.2) is 22.0 Å². The molecule has 1 aromatic heterocycles. The number of pyridine rings is 1. The topological polar surface area (TPSA) is 108 Å². The number of halogens is 1. The second-order valence-electron chi connectivity index (χ2n) is 3.33. The van der Waals surface area contributed by atoms with Crippen molar-refractivity contribution in [2.75, 3.05) is 13.6 Å². The van der Waals surface area contributed by atoms with E-state index in [9.17, 15) is 18.0 Å². The minimum absolute atomic E-state index is 0.0207. The van der Waals surface area contributed by atoms with Gasteiger partial charge in [-0.2, -0.15) is 0 Å². The summed E-state index contributed by atoms with van der Waals surface area (Å²) in [5, 5.41) is 2.15. The molecule has 0 spiro atoms. The molecule has 1 amide bonds. The van der Waals surface area contributed by atoms with Crippen molar-refractivity contribution in [3.8, 4) is 0 Å². The molecule has 0 fully saturated rings. The molecule has 0 saturated heterocycles. The van der Waals surface area contributed by atoms with E-state index in [1.165, 1.54) is 7.05 Å². The summed E-state index contributed by atoms with van der Waals surface area (Å²) < 4.78 is 25.7. The van der Waals surface area contributed by atoms with Gasteiger partial charge in [-0.25, -0.2) is 13.1 Å². The molecule has 7 nitrogen and oxygen atoms in total. The average Bonchev–Trinajstić information content (AvgIpc) is 2.32. The molecule has 3 N–H and O–H groups in total. The predicted octanol–water partition coefficient (Wildman–Crippen LogP) is -0.557. The van der Waals surface area contributed by atoms with Crippen LogP contribution in [0, 0.1) is 0 Å². The molecule has 100 valence electrons. The normalized spacial score (nSPS) is 11.2. The number of aromatic amines is 1. The van der Waals surface area contributed by atoms with Crippen molar-refractivity contribution in [3.05, 3.63) is 27.6 Å². The maximum Gasteiger partial charge on any atom is 0.266 e. The fourth-order valence-corrected chi connectivity index (χ4v) is 2.36. The first-order chi connectivity index (χ1) is 8.36. The standard InChI is InChI=1S/C9H12ClN3O4S/c1-11-8(14)2-3-13-18(16,17)6-4-7(10)9(15)12-5-6/h4-5,13H,2-3H2,1H3,(H,11,14)(H,12,15). The van der Waals surface area contributed by atoms with Gasteiger partial charge in [-0.3, -0.25) is 9.59 Å². The Labute approximate surface area is 109 Å². The van der Waals surface area contributed by atoms with Gasteiger partial charge in [0.2, 0.25) is 15.9 Å². The summed E-state index contributed by atoms with van der Waals surface area (Å²) in [7, 11) is -2.33. The van der Waals surface area contributed by atoms with Crippen LogP contribution in [0.5, 0.6) is 0 Å². The van der Waals surface area contributed by atoms with Crippen LogP contribution in [-0.4, -0.2) is 32.9 Å². The number of nitrogens with one attached hydrogen (secondary N) is 3. The Morgan fingerprint density at radius 2 is 2.17 bits per heavy atom. The fraction of sp³-hybridized carbons (Fsp3) is 0.333. The number of sulfonamides is 1. The van der Waals surface area contributed by atoms with E-state index in [1.54, 1.807) is 0 Å². The molecular weight excluding hydrogens is 282 g/mol. The van der Waals surface area contributed by atoms with Crippen molar-refractivity contribution < 1.29 is 13.2 Å². The van der Waals surface area contributed by atoms with E-state index >= 15 is 0 Å². The highest BCUT2D eigenvalue weighted by Gasteiger charge is 2.15. The van der Waals surface area contributed by atoms with E-state index in [1.807, 2.05) is 0 Å².